The molecule has 2 N–H and O–H groups in total. The van der Waals surface area contributed by atoms with Gasteiger partial charge in [0.15, 0.2) is 0 Å². The van der Waals surface area contributed by atoms with Crippen LogP contribution in [0.4, 0.5) is 0 Å². The number of aliphatic hydroxyl groups is 2. The normalized spacial score (nSPS) is 21.0. The van der Waals surface area contributed by atoms with Crippen molar-refractivity contribution >= 4 is 12.4 Å². The van der Waals surface area contributed by atoms with E-state index in [0.717, 1.165) is 66.7 Å². The Labute approximate surface area is 329 Å². The van der Waals surface area contributed by atoms with Crippen molar-refractivity contribution in [3.05, 3.63) is 41.0 Å². The van der Waals surface area contributed by atoms with Crippen molar-refractivity contribution in [1.82, 2.24) is 0 Å². The number of aryl methyl sites for hydroxylation is 2. The number of esters is 1. The zero-order valence-corrected chi connectivity index (χ0v) is 34.9. The van der Waals surface area contributed by atoms with E-state index in [0.29, 0.717) is 75.8 Å². The van der Waals surface area contributed by atoms with Crippen LogP contribution in [-0.2, 0) is 31.9 Å². The highest BCUT2D eigenvalue weighted by Crippen LogP contribution is 2.46. The van der Waals surface area contributed by atoms with E-state index in [9.17, 15) is 19.8 Å². The molecular weight excluding hydrogens is 677 g/mol. The summed E-state index contributed by atoms with van der Waals surface area (Å²) in [5, 5.41) is 21.1. The van der Waals surface area contributed by atoms with Gasteiger partial charge in [0.2, 0.25) is 0 Å². The van der Waals surface area contributed by atoms with Gasteiger partial charge in [-0.1, -0.05) is 104 Å². The van der Waals surface area contributed by atoms with Gasteiger partial charge in [0.25, 0.3) is 6.47 Å². The second-order valence-corrected chi connectivity index (χ2v) is 17.2. The minimum Gasteiger partial charge on any atom is -0.493 e. The molecule has 2 aliphatic rings. The van der Waals surface area contributed by atoms with Gasteiger partial charge in [-0.3, -0.25) is 4.79 Å². The van der Waals surface area contributed by atoms with Crippen molar-refractivity contribution < 1.29 is 34.0 Å². The summed E-state index contributed by atoms with van der Waals surface area (Å²) in [5.74, 6) is 4.11. The second-order valence-electron chi connectivity index (χ2n) is 17.2. The third kappa shape index (κ3) is 15.3. The van der Waals surface area contributed by atoms with Crippen LogP contribution < -0.4 is 4.74 Å². The molecule has 2 fully saturated rings. The zero-order chi connectivity index (χ0) is 39.2. The molecule has 2 saturated carbocycles. The monoisotopic (exact) mass is 755 g/mol. The molecule has 1 unspecified atom stereocenters. The summed E-state index contributed by atoms with van der Waals surface area (Å²) < 4.78 is 17.3. The van der Waals surface area contributed by atoms with Crippen molar-refractivity contribution in [3.63, 3.8) is 0 Å². The van der Waals surface area contributed by atoms with Crippen LogP contribution >= 0.6 is 0 Å². The van der Waals surface area contributed by atoms with Gasteiger partial charge in [0.1, 0.15) is 5.75 Å². The summed E-state index contributed by atoms with van der Waals surface area (Å²) in [6, 6.07) is 4.69. The molecule has 54 heavy (non-hydrogen) atoms. The first-order chi connectivity index (χ1) is 26.2. The molecule has 7 heteroatoms. The summed E-state index contributed by atoms with van der Waals surface area (Å²) in [5.41, 5.74) is 3.39. The maximum atomic E-state index is 12.1. The first kappa shape index (κ1) is 46.0. The summed E-state index contributed by atoms with van der Waals surface area (Å²) in [6.45, 7) is 13.5. The fourth-order valence-electron chi connectivity index (χ4n) is 9.44. The quantitative estimate of drug-likeness (QED) is 0.0380. The van der Waals surface area contributed by atoms with E-state index in [1.807, 2.05) is 0 Å². The topological polar surface area (TPSA) is 102 Å². The summed E-state index contributed by atoms with van der Waals surface area (Å²) in [7, 11) is 0. The number of rotatable bonds is 28. The van der Waals surface area contributed by atoms with Crippen molar-refractivity contribution in [2.45, 2.75) is 175 Å². The Kier molecular flexibility index (Phi) is 21.9. The molecule has 7 nitrogen and oxygen atoms in total. The molecule has 308 valence electrons. The minimum atomic E-state index is -0.601. The van der Waals surface area contributed by atoms with Gasteiger partial charge in [-0.05, 0) is 130 Å². The third-order valence-electron chi connectivity index (χ3n) is 13.0. The van der Waals surface area contributed by atoms with Gasteiger partial charge in [-0.2, -0.15) is 0 Å². The summed E-state index contributed by atoms with van der Waals surface area (Å²) in [6.07, 6.45) is 24.7. The molecule has 0 spiro atoms. The first-order valence-corrected chi connectivity index (χ1v) is 22.1. The number of carbonyl (C=O) groups excluding carboxylic acids is 2. The Balaban J connectivity index is 1.80. The highest BCUT2D eigenvalue weighted by atomic mass is 16.5. The lowest BCUT2D eigenvalue weighted by molar-refractivity contribution is -0.139. The lowest BCUT2D eigenvalue weighted by Gasteiger charge is -2.38. The summed E-state index contributed by atoms with van der Waals surface area (Å²) >= 11 is 0. The minimum absolute atomic E-state index is 0.0751. The Morgan fingerprint density at radius 1 is 0.852 bits per heavy atom. The van der Waals surface area contributed by atoms with Crippen LogP contribution in [0, 0.1) is 29.1 Å². The molecule has 1 aromatic carbocycles. The number of hydrogen-bond acceptors (Lipinski definition) is 7. The number of unbranched alkanes of at least 4 members (excludes halogenated alkanes) is 3. The Bertz CT molecular complexity index is 1210. The van der Waals surface area contributed by atoms with Gasteiger partial charge in [0, 0.05) is 11.0 Å². The van der Waals surface area contributed by atoms with E-state index in [1.54, 1.807) is 6.92 Å². The van der Waals surface area contributed by atoms with Crippen LogP contribution in [0.1, 0.15) is 179 Å². The molecule has 0 bridgehead atoms. The number of aliphatic hydroxyl groups excluding tert-OH is 2. The van der Waals surface area contributed by atoms with E-state index >= 15 is 0 Å². The maximum absolute atomic E-state index is 12.1. The van der Waals surface area contributed by atoms with Gasteiger partial charge >= 0.3 is 5.97 Å². The lowest BCUT2D eigenvalue weighted by atomic mass is 9.67. The Hall–Kier alpha value is -2.38. The zero-order valence-electron chi connectivity index (χ0n) is 34.9. The van der Waals surface area contributed by atoms with Crippen LogP contribution in [0.2, 0.25) is 0 Å². The number of hydrogen-bond donors (Lipinski definition) is 2. The van der Waals surface area contributed by atoms with Crippen molar-refractivity contribution in [3.8, 4) is 5.75 Å². The van der Waals surface area contributed by atoms with E-state index in [1.165, 1.54) is 82.6 Å². The van der Waals surface area contributed by atoms with Crippen LogP contribution in [-0.4, -0.2) is 55.7 Å². The molecule has 3 rings (SSSR count). The van der Waals surface area contributed by atoms with E-state index in [2.05, 4.69) is 39.5 Å². The predicted molar refractivity (Wildman–Crippen MR) is 220 cm³/mol. The molecule has 1 atom stereocenters. The second kappa shape index (κ2) is 25.7. The molecule has 0 saturated heterocycles. The van der Waals surface area contributed by atoms with Gasteiger partial charge in [-0.25, -0.2) is 4.79 Å². The molecule has 1 aromatic rings. The lowest BCUT2D eigenvalue weighted by Crippen LogP contribution is -2.34. The van der Waals surface area contributed by atoms with Crippen LogP contribution in [0.5, 0.6) is 5.75 Å². The smallest absolute Gasteiger partial charge is 0.333 e. The molecule has 0 heterocycles. The van der Waals surface area contributed by atoms with Crippen LogP contribution in [0.25, 0.3) is 0 Å². The van der Waals surface area contributed by atoms with Crippen molar-refractivity contribution in [2.75, 3.05) is 33.0 Å². The highest BCUT2D eigenvalue weighted by Gasteiger charge is 2.33. The Morgan fingerprint density at radius 2 is 1.46 bits per heavy atom. The van der Waals surface area contributed by atoms with E-state index < -0.39 is 5.41 Å². The first-order valence-electron chi connectivity index (χ1n) is 22.1. The largest absolute Gasteiger partial charge is 0.493 e. The Morgan fingerprint density at radius 3 is 2.02 bits per heavy atom. The van der Waals surface area contributed by atoms with Crippen molar-refractivity contribution in [2.24, 2.45) is 29.1 Å². The number of benzene rings is 1. The summed E-state index contributed by atoms with van der Waals surface area (Å²) in [4.78, 5) is 23.1. The predicted octanol–water partition coefficient (Wildman–Crippen LogP) is 10.9. The SMILES string of the molecule is C=C(C)C(=O)OCCCc1cc(C2CCC(C3CCC(CCCCC)CC3)CC2)cc(CCCOC=O)c1OCCC(CO)(CO)CC(CC)CCCC. The number of carbonyl (C=O) groups is 2. The van der Waals surface area contributed by atoms with E-state index in [4.69, 9.17) is 14.2 Å². The average molecular weight is 755 g/mol. The maximum Gasteiger partial charge on any atom is 0.333 e. The van der Waals surface area contributed by atoms with E-state index in [-0.39, 0.29) is 19.2 Å². The fourth-order valence-corrected chi connectivity index (χ4v) is 9.44. The van der Waals surface area contributed by atoms with Crippen LogP contribution in [0.15, 0.2) is 24.3 Å². The van der Waals surface area contributed by atoms with Crippen LogP contribution in [0.3, 0.4) is 0 Å². The average Bonchev–Trinajstić information content (AvgIpc) is 3.20. The number of ether oxygens (including phenoxy) is 3. The van der Waals surface area contributed by atoms with Gasteiger partial charge < -0.3 is 24.4 Å². The molecular formula is C47H78O7. The van der Waals surface area contributed by atoms with Gasteiger partial charge in [0.05, 0.1) is 33.0 Å². The molecule has 0 amide bonds. The van der Waals surface area contributed by atoms with Gasteiger partial charge in [-0.15, -0.1) is 0 Å². The standard InChI is InChI=1S/C47H78O7/c1-6-9-11-15-38-18-20-39(21-19-38)40-22-24-41(25-23-40)44-30-42(16-12-27-52-35-50)45(43(31-44)17-13-28-54-46(51)36(4)5)53-29-26-47(33-48,34-49)32-37(8-3)14-10-7-2/h30-31,35,37-41,48-49H,4,6-29,32-34H2,1-3,5H3. The molecule has 0 radical (unpaired) electrons. The highest BCUT2D eigenvalue weighted by molar-refractivity contribution is 5.86. The molecule has 0 aromatic heterocycles. The third-order valence-corrected chi connectivity index (χ3v) is 13.0. The molecule has 0 aliphatic heterocycles. The van der Waals surface area contributed by atoms with Crippen molar-refractivity contribution in [1.29, 1.82) is 0 Å². The molecule has 2 aliphatic carbocycles. The fraction of sp³-hybridized carbons (Fsp3) is 0.787.